The van der Waals surface area contributed by atoms with Crippen molar-refractivity contribution in [3.05, 3.63) is 65.7 Å². The van der Waals surface area contributed by atoms with Crippen molar-refractivity contribution in [2.45, 2.75) is 43.9 Å². The Morgan fingerprint density at radius 3 is 2.76 bits per heavy atom. The number of hydrogen-bond donors (Lipinski definition) is 3. The summed E-state index contributed by atoms with van der Waals surface area (Å²) in [7, 11) is 1.68. The molecule has 1 heterocycles. The van der Waals surface area contributed by atoms with E-state index in [0.717, 1.165) is 25.1 Å². The molecular weight excluding hydrogens is 366 g/mol. The van der Waals surface area contributed by atoms with Crippen molar-refractivity contribution in [2.75, 3.05) is 20.2 Å². The first-order chi connectivity index (χ1) is 14.1. The molecule has 1 aliphatic rings. The summed E-state index contributed by atoms with van der Waals surface area (Å²) in [5, 5.41) is 12.7. The van der Waals surface area contributed by atoms with Crippen LogP contribution >= 0.6 is 0 Å². The third-order valence-corrected chi connectivity index (χ3v) is 5.58. The first-order valence-corrected chi connectivity index (χ1v) is 10.2. The number of aryl methyl sites for hydroxylation is 1. The number of nitrogens with two attached hydrogens (primary N) is 1. The molecule has 0 spiro atoms. The summed E-state index contributed by atoms with van der Waals surface area (Å²) in [5.74, 6) is 0.101. The Kier molecular flexibility index (Phi) is 7.63. The molecule has 29 heavy (non-hydrogen) atoms. The minimum Gasteiger partial charge on any atom is -0.497 e. The summed E-state index contributed by atoms with van der Waals surface area (Å²) in [5.41, 5.74) is 9.04. The second kappa shape index (κ2) is 10.4. The summed E-state index contributed by atoms with van der Waals surface area (Å²) < 4.78 is 5.33. The van der Waals surface area contributed by atoms with Gasteiger partial charge in [-0.1, -0.05) is 42.5 Å². The maximum atomic E-state index is 10.9. The average Bonchev–Trinajstić information content (AvgIpc) is 2.74. The van der Waals surface area contributed by atoms with Crippen LogP contribution in [0.1, 0.15) is 36.4 Å². The third kappa shape index (κ3) is 6.03. The van der Waals surface area contributed by atoms with E-state index in [-0.39, 0.29) is 24.7 Å². The molecule has 0 aliphatic carbocycles. The van der Waals surface area contributed by atoms with Crippen LogP contribution in [0.25, 0.3) is 0 Å². The number of piperazine rings is 1. The number of carboxylic acids is 1. The molecule has 156 valence electrons. The van der Waals surface area contributed by atoms with E-state index in [1.54, 1.807) is 7.11 Å². The van der Waals surface area contributed by atoms with Gasteiger partial charge in [0.25, 0.3) is 0 Å². The van der Waals surface area contributed by atoms with Gasteiger partial charge in [-0.25, -0.2) is 0 Å². The zero-order valence-corrected chi connectivity index (χ0v) is 17.0. The fourth-order valence-electron chi connectivity index (χ4n) is 3.99. The molecule has 3 rings (SSSR count). The highest BCUT2D eigenvalue weighted by Crippen LogP contribution is 2.24. The Hall–Kier alpha value is -2.41. The number of carboxylic acid groups (broad SMARTS) is 1. The molecule has 0 bridgehead atoms. The van der Waals surface area contributed by atoms with Crippen LogP contribution in [0.3, 0.4) is 0 Å². The monoisotopic (exact) mass is 397 g/mol. The molecule has 0 aromatic heterocycles. The zero-order chi connectivity index (χ0) is 20.6. The van der Waals surface area contributed by atoms with Crippen molar-refractivity contribution in [3.63, 3.8) is 0 Å². The lowest BCUT2D eigenvalue weighted by atomic mass is 9.95. The topological polar surface area (TPSA) is 87.8 Å². The number of ether oxygens (including phenoxy) is 1. The van der Waals surface area contributed by atoms with Crippen LogP contribution in [0.4, 0.5) is 0 Å². The van der Waals surface area contributed by atoms with Gasteiger partial charge in [0, 0.05) is 31.6 Å². The first kappa shape index (κ1) is 21.3. The number of hydrogen-bond acceptors (Lipinski definition) is 5. The van der Waals surface area contributed by atoms with Crippen molar-refractivity contribution < 1.29 is 14.6 Å². The molecule has 2 aromatic carbocycles. The van der Waals surface area contributed by atoms with Crippen LogP contribution in [-0.2, 0) is 11.2 Å². The molecule has 3 atom stereocenters. The predicted molar refractivity (Wildman–Crippen MR) is 114 cm³/mol. The summed E-state index contributed by atoms with van der Waals surface area (Å²) in [6.07, 6.45) is 2.42. The van der Waals surface area contributed by atoms with Crippen molar-refractivity contribution in [2.24, 2.45) is 5.73 Å². The van der Waals surface area contributed by atoms with E-state index >= 15 is 0 Å². The van der Waals surface area contributed by atoms with Gasteiger partial charge in [0.1, 0.15) is 5.75 Å². The van der Waals surface area contributed by atoms with E-state index in [4.69, 9.17) is 15.6 Å². The van der Waals surface area contributed by atoms with Gasteiger partial charge >= 0.3 is 5.97 Å². The zero-order valence-electron chi connectivity index (χ0n) is 17.0. The van der Waals surface area contributed by atoms with Crippen LogP contribution in [0, 0.1) is 0 Å². The van der Waals surface area contributed by atoms with E-state index < -0.39 is 5.97 Å². The lowest BCUT2D eigenvalue weighted by Gasteiger charge is -2.44. The van der Waals surface area contributed by atoms with E-state index in [1.165, 1.54) is 11.1 Å². The molecule has 1 aliphatic heterocycles. The normalized spacial score (nSPS) is 22.3. The third-order valence-electron chi connectivity index (χ3n) is 5.58. The molecule has 0 radical (unpaired) electrons. The van der Waals surface area contributed by atoms with Gasteiger partial charge in [-0.15, -0.1) is 0 Å². The SMILES string of the molecule is COc1cccc(CCC2NC(c3ccccc3)CN(CCCC(=O)O)C2N)c1. The fraction of sp³-hybridized carbons (Fsp3) is 0.435. The van der Waals surface area contributed by atoms with Crippen LogP contribution in [0.5, 0.6) is 5.75 Å². The second-order valence-electron chi connectivity index (χ2n) is 7.61. The summed E-state index contributed by atoms with van der Waals surface area (Å²) in [6.45, 7) is 1.47. The predicted octanol–water partition coefficient (Wildman–Crippen LogP) is 2.79. The molecular formula is C23H31N3O3. The van der Waals surface area contributed by atoms with Crippen molar-refractivity contribution in [1.29, 1.82) is 0 Å². The Morgan fingerprint density at radius 1 is 1.24 bits per heavy atom. The maximum Gasteiger partial charge on any atom is 0.303 e. The van der Waals surface area contributed by atoms with Crippen LogP contribution in [0.15, 0.2) is 54.6 Å². The van der Waals surface area contributed by atoms with Gasteiger partial charge in [0.15, 0.2) is 0 Å². The van der Waals surface area contributed by atoms with E-state index in [2.05, 4.69) is 34.5 Å². The lowest BCUT2D eigenvalue weighted by Crippen LogP contribution is -2.63. The highest BCUT2D eigenvalue weighted by molar-refractivity contribution is 5.66. The number of carbonyl (C=O) groups is 1. The Balaban J connectivity index is 1.69. The van der Waals surface area contributed by atoms with Gasteiger partial charge in [-0.3, -0.25) is 9.69 Å². The number of rotatable bonds is 9. The number of methoxy groups -OCH3 is 1. The molecule has 3 unspecified atom stereocenters. The lowest BCUT2D eigenvalue weighted by molar-refractivity contribution is -0.137. The van der Waals surface area contributed by atoms with E-state index in [0.29, 0.717) is 13.0 Å². The van der Waals surface area contributed by atoms with Crippen molar-refractivity contribution in [3.8, 4) is 5.75 Å². The molecule has 1 saturated heterocycles. The standard InChI is InChI=1S/C23H31N3O3/c1-29-19-10-5-7-17(15-19)12-13-20-23(24)26(14-6-11-22(27)28)16-21(25-20)18-8-3-2-4-9-18/h2-5,7-10,15,20-21,23,25H,6,11-14,16,24H2,1H3,(H,27,28). The Labute approximate surface area is 172 Å². The molecule has 0 amide bonds. The van der Waals surface area contributed by atoms with Crippen molar-refractivity contribution in [1.82, 2.24) is 10.2 Å². The second-order valence-corrected chi connectivity index (χ2v) is 7.61. The number of benzene rings is 2. The Bertz CT molecular complexity index is 784. The molecule has 6 nitrogen and oxygen atoms in total. The highest BCUT2D eigenvalue weighted by atomic mass is 16.5. The van der Waals surface area contributed by atoms with Crippen LogP contribution in [0.2, 0.25) is 0 Å². The quantitative estimate of drug-likeness (QED) is 0.603. The van der Waals surface area contributed by atoms with Gasteiger partial charge in [-0.2, -0.15) is 0 Å². The van der Waals surface area contributed by atoms with Gasteiger partial charge in [0.2, 0.25) is 0 Å². The smallest absolute Gasteiger partial charge is 0.303 e. The summed E-state index contributed by atoms with van der Waals surface area (Å²) >= 11 is 0. The highest BCUT2D eigenvalue weighted by Gasteiger charge is 2.33. The fourth-order valence-corrected chi connectivity index (χ4v) is 3.99. The van der Waals surface area contributed by atoms with Crippen LogP contribution < -0.4 is 15.8 Å². The van der Waals surface area contributed by atoms with Crippen LogP contribution in [-0.4, -0.2) is 48.4 Å². The largest absolute Gasteiger partial charge is 0.497 e. The van der Waals surface area contributed by atoms with E-state index in [9.17, 15) is 4.79 Å². The van der Waals surface area contributed by atoms with Gasteiger partial charge in [-0.05, 0) is 42.5 Å². The number of aliphatic carboxylic acids is 1. The minimum absolute atomic E-state index is 0.116. The summed E-state index contributed by atoms with van der Waals surface area (Å²) in [6, 6.07) is 18.8. The van der Waals surface area contributed by atoms with E-state index in [1.807, 2.05) is 30.3 Å². The Morgan fingerprint density at radius 2 is 2.03 bits per heavy atom. The first-order valence-electron chi connectivity index (χ1n) is 10.2. The summed E-state index contributed by atoms with van der Waals surface area (Å²) in [4.78, 5) is 13.1. The maximum absolute atomic E-state index is 10.9. The van der Waals surface area contributed by atoms with Gasteiger partial charge < -0.3 is 20.9 Å². The minimum atomic E-state index is -0.761. The number of nitrogens with one attached hydrogen (secondary N) is 1. The molecule has 2 aromatic rings. The number of nitrogens with zero attached hydrogens (tertiary/aromatic N) is 1. The molecule has 4 N–H and O–H groups in total. The van der Waals surface area contributed by atoms with Gasteiger partial charge in [0.05, 0.1) is 13.3 Å². The average molecular weight is 398 g/mol. The molecule has 0 saturated carbocycles. The van der Waals surface area contributed by atoms with Crippen molar-refractivity contribution >= 4 is 5.97 Å². The molecule has 1 fully saturated rings. The molecule has 6 heteroatoms.